The van der Waals surface area contributed by atoms with Crippen molar-refractivity contribution >= 4 is 11.3 Å². The maximum Gasteiger partial charge on any atom is 0.0797 e. The monoisotopic (exact) mass is 266 g/mol. The molecule has 1 aliphatic carbocycles. The molecule has 18 heavy (non-hydrogen) atoms. The van der Waals surface area contributed by atoms with Crippen LogP contribution < -0.4 is 5.32 Å². The molecule has 0 amide bonds. The predicted molar refractivity (Wildman–Crippen MR) is 79.2 cm³/mol. The van der Waals surface area contributed by atoms with Crippen molar-refractivity contribution in [2.24, 2.45) is 11.8 Å². The van der Waals surface area contributed by atoms with E-state index in [2.05, 4.69) is 24.1 Å². The molecule has 3 heteroatoms. The Bertz CT molecular complexity index is 340. The van der Waals surface area contributed by atoms with Crippen molar-refractivity contribution < 1.29 is 0 Å². The van der Waals surface area contributed by atoms with Gasteiger partial charge in [-0.25, -0.2) is 4.98 Å². The molecule has 1 aliphatic rings. The van der Waals surface area contributed by atoms with E-state index in [-0.39, 0.29) is 0 Å². The number of nitrogens with one attached hydrogen (secondary N) is 1. The van der Waals surface area contributed by atoms with Crippen molar-refractivity contribution in [2.45, 2.75) is 52.4 Å². The number of rotatable bonds is 6. The molecule has 102 valence electrons. The van der Waals surface area contributed by atoms with E-state index in [9.17, 15) is 0 Å². The second-order valence-electron chi connectivity index (χ2n) is 5.61. The molecule has 0 bridgehead atoms. The van der Waals surface area contributed by atoms with E-state index in [0.717, 1.165) is 24.8 Å². The molecule has 0 saturated heterocycles. The van der Waals surface area contributed by atoms with E-state index in [0.29, 0.717) is 0 Å². The van der Waals surface area contributed by atoms with Crippen LogP contribution >= 0.6 is 11.3 Å². The molecule has 1 fully saturated rings. The fourth-order valence-electron chi connectivity index (χ4n) is 2.92. The molecule has 1 saturated carbocycles. The molecule has 0 aromatic carbocycles. The molecule has 0 spiro atoms. The van der Waals surface area contributed by atoms with Crippen molar-refractivity contribution in [3.63, 3.8) is 0 Å². The second kappa shape index (κ2) is 7.25. The zero-order valence-electron chi connectivity index (χ0n) is 11.7. The summed E-state index contributed by atoms with van der Waals surface area (Å²) in [5.74, 6) is 1.94. The van der Waals surface area contributed by atoms with Crippen LogP contribution in [0.15, 0.2) is 5.51 Å². The van der Waals surface area contributed by atoms with Gasteiger partial charge >= 0.3 is 0 Å². The summed E-state index contributed by atoms with van der Waals surface area (Å²) >= 11 is 1.79. The zero-order valence-corrected chi connectivity index (χ0v) is 12.6. The first-order valence-electron chi connectivity index (χ1n) is 7.39. The fourth-order valence-corrected chi connectivity index (χ4v) is 3.70. The molecule has 2 nitrogen and oxygen atoms in total. The van der Waals surface area contributed by atoms with E-state index in [1.165, 1.54) is 49.2 Å². The van der Waals surface area contributed by atoms with Crippen LogP contribution in [0.1, 0.15) is 49.6 Å². The number of aromatic nitrogens is 1. The number of hydrogen-bond acceptors (Lipinski definition) is 3. The van der Waals surface area contributed by atoms with Gasteiger partial charge in [-0.05, 0) is 44.6 Å². The normalized spacial score (nSPS) is 24.3. The Hall–Kier alpha value is -0.410. The zero-order chi connectivity index (χ0) is 12.8. The molecule has 1 aromatic heterocycles. The topological polar surface area (TPSA) is 24.9 Å². The van der Waals surface area contributed by atoms with Gasteiger partial charge in [0.1, 0.15) is 0 Å². The first kappa shape index (κ1) is 14.0. The van der Waals surface area contributed by atoms with Crippen LogP contribution in [0.4, 0.5) is 0 Å². The van der Waals surface area contributed by atoms with Crippen molar-refractivity contribution in [1.82, 2.24) is 10.3 Å². The summed E-state index contributed by atoms with van der Waals surface area (Å²) in [6.45, 7) is 6.77. The van der Waals surface area contributed by atoms with Gasteiger partial charge in [0, 0.05) is 11.4 Å². The summed E-state index contributed by atoms with van der Waals surface area (Å²) in [7, 11) is 0. The summed E-state index contributed by atoms with van der Waals surface area (Å²) in [5.41, 5.74) is 3.17. The first-order chi connectivity index (χ1) is 8.79. The molecule has 1 aromatic rings. The van der Waals surface area contributed by atoms with Crippen LogP contribution in [0.25, 0.3) is 0 Å². The van der Waals surface area contributed by atoms with Gasteiger partial charge in [-0.1, -0.05) is 26.2 Å². The largest absolute Gasteiger partial charge is 0.316 e. The average molecular weight is 266 g/mol. The highest BCUT2D eigenvalue weighted by Gasteiger charge is 2.19. The van der Waals surface area contributed by atoms with E-state index in [1.807, 2.05) is 5.51 Å². The Labute approximate surface area is 115 Å². The number of nitrogens with zero attached hydrogens (tertiary/aromatic N) is 1. The van der Waals surface area contributed by atoms with Gasteiger partial charge in [0.25, 0.3) is 0 Å². The highest BCUT2D eigenvalue weighted by atomic mass is 32.1. The quantitative estimate of drug-likeness (QED) is 0.792. The van der Waals surface area contributed by atoms with Gasteiger partial charge < -0.3 is 5.32 Å². The first-order valence-corrected chi connectivity index (χ1v) is 8.27. The van der Waals surface area contributed by atoms with Gasteiger partial charge in [-0.15, -0.1) is 11.3 Å². The van der Waals surface area contributed by atoms with Crippen LogP contribution in [-0.2, 0) is 6.42 Å². The van der Waals surface area contributed by atoms with Crippen LogP contribution in [0.3, 0.4) is 0 Å². The molecule has 1 N–H and O–H groups in total. The predicted octanol–water partition coefficient (Wildman–Crippen LogP) is 3.80. The molecular formula is C15H26N2S. The second-order valence-corrected chi connectivity index (χ2v) is 6.55. The maximum atomic E-state index is 4.29. The van der Waals surface area contributed by atoms with E-state index >= 15 is 0 Å². The number of aryl methyl sites for hydroxylation is 1. The minimum absolute atomic E-state index is 0.926. The highest BCUT2D eigenvalue weighted by Crippen LogP contribution is 2.30. The third-order valence-electron chi connectivity index (χ3n) is 4.35. The van der Waals surface area contributed by atoms with Gasteiger partial charge in [-0.3, -0.25) is 0 Å². The SMILES string of the molecule is CCC1CCC(CNCCc2scnc2C)CC1. The lowest BCUT2D eigenvalue weighted by Gasteiger charge is -2.27. The number of hydrogen-bond donors (Lipinski definition) is 1. The van der Waals surface area contributed by atoms with Crippen LogP contribution in [0.2, 0.25) is 0 Å². The minimum Gasteiger partial charge on any atom is -0.316 e. The van der Waals surface area contributed by atoms with Crippen molar-refractivity contribution in [2.75, 3.05) is 13.1 Å². The average Bonchev–Trinajstić information content (AvgIpc) is 2.81. The molecular weight excluding hydrogens is 240 g/mol. The third kappa shape index (κ3) is 4.06. The Morgan fingerprint density at radius 1 is 1.28 bits per heavy atom. The number of thiazole rings is 1. The molecule has 1 heterocycles. The standard InChI is InChI=1S/C15H26N2S/c1-3-13-4-6-14(7-5-13)10-16-9-8-15-12(2)17-11-18-15/h11,13-14,16H,3-10H2,1-2H3. The highest BCUT2D eigenvalue weighted by molar-refractivity contribution is 7.09. The molecule has 0 unspecified atom stereocenters. The summed E-state index contributed by atoms with van der Waals surface area (Å²) < 4.78 is 0. The van der Waals surface area contributed by atoms with Crippen LogP contribution in [-0.4, -0.2) is 18.1 Å². The Balaban J connectivity index is 1.58. The molecule has 0 aliphatic heterocycles. The molecule has 0 radical (unpaired) electrons. The minimum atomic E-state index is 0.926. The maximum absolute atomic E-state index is 4.29. The van der Waals surface area contributed by atoms with Crippen molar-refractivity contribution in [1.29, 1.82) is 0 Å². The summed E-state index contributed by atoms with van der Waals surface area (Å²) in [6, 6.07) is 0. The molecule has 0 atom stereocenters. The van der Waals surface area contributed by atoms with Crippen molar-refractivity contribution in [3.8, 4) is 0 Å². The van der Waals surface area contributed by atoms with Gasteiger partial charge in [-0.2, -0.15) is 0 Å². The lowest BCUT2D eigenvalue weighted by atomic mass is 9.81. The van der Waals surface area contributed by atoms with E-state index in [1.54, 1.807) is 11.3 Å². The Morgan fingerprint density at radius 3 is 2.61 bits per heavy atom. The van der Waals surface area contributed by atoms with Gasteiger partial charge in [0.05, 0.1) is 11.2 Å². The Kier molecular flexibility index (Phi) is 5.64. The lowest BCUT2D eigenvalue weighted by Crippen LogP contribution is -2.27. The van der Waals surface area contributed by atoms with Crippen LogP contribution in [0.5, 0.6) is 0 Å². The Morgan fingerprint density at radius 2 is 2.00 bits per heavy atom. The van der Waals surface area contributed by atoms with Crippen LogP contribution in [0, 0.1) is 18.8 Å². The third-order valence-corrected chi connectivity index (χ3v) is 5.35. The van der Waals surface area contributed by atoms with E-state index in [4.69, 9.17) is 0 Å². The summed E-state index contributed by atoms with van der Waals surface area (Å²) in [5, 5.41) is 3.63. The molecule has 2 rings (SSSR count). The van der Waals surface area contributed by atoms with Gasteiger partial charge in [0.15, 0.2) is 0 Å². The summed E-state index contributed by atoms with van der Waals surface area (Å²) in [6.07, 6.45) is 8.30. The summed E-state index contributed by atoms with van der Waals surface area (Å²) in [4.78, 5) is 5.74. The van der Waals surface area contributed by atoms with E-state index < -0.39 is 0 Å². The fraction of sp³-hybridized carbons (Fsp3) is 0.800. The van der Waals surface area contributed by atoms with Crippen molar-refractivity contribution in [3.05, 3.63) is 16.1 Å². The van der Waals surface area contributed by atoms with Gasteiger partial charge in [0.2, 0.25) is 0 Å². The smallest absolute Gasteiger partial charge is 0.0797 e. The lowest BCUT2D eigenvalue weighted by molar-refractivity contribution is 0.263.